The Kier molecular flexibility index (Phi) is 11.6. The highest BCUT2D eigenvalue weighted by atomic mass is 16.5. The lowest BCUT2D eigenvalue weighted by Crippen LogP contribution is -2.29. The predicted octanol–water partition coefficient (Wildman–Crippen LogP) is 16.5. The Hall–Kier alpha value is -4.30. The summed E-state index contributed by atoms with van der Waals surface area (Å²) in [6.07, 6.45) is 14.0. The zero-order valence-corrected chi connectivity index (χ0v) is 36.0. The van der Waals surface area contributed by atoms with E-state index in [2.05, 4.69) is 170 Å². The number of hydrogen-bond donors (Lipinski definition) is 0. The third-order valence-corrected chi connectivity index (χ3v) is 14.1. The Bertz CT molecular complexity index is 2130. The third kappa shape index (κ3) is 7.34. The molecule has 0 spiro atoms. The van der Waals surface area contributed by atoms with Gasteiger partial charge in [0.25, 0.3) is 0 Å². The number of unbranched alkanes of at least 4 members (excludes halogenated alkanes) is 6. The minimum atomic E-state index is -0.119. The van der Waals surface area contributed by atoms with E-state index in [-0.39, 0.29) is 22.2 Å². The second kappa shape index (κ2) is 16.3. The summed E-state index contributed by atoms with van der Waals surface area (Å²) in [6.45, 7) is 21.3. The van der Waals surface area contributed by atoms with Gasteiger partial charge >= 0.3 is 0 Å². The van der Waals surface area contributed by atoms with Crippen molar-refractivity contribution in [1.82, 2.24) is 0 Å². The van der Waals surface area contributed by atoms with Crippen LogP contribution in [0.15, 0.2) is 103 Å². The van der Waals surface area contributed by atoms with E-state index in [9.17, 15) is 0 Å². The summed E-state index contributed by atoms with van der Waals surface area (Å²) in [6, 6.07) is 39.3. The highest BCUT2D eigenvalue weighted by Gasteiger charge is 2.44. The second-order valence-corrected chi connectivity index (χ2v) is 18.4. The Balaban J connectivity index is 1.29. The number of hydrogen-bond acceptors (Lipinski definition) is 2. The summed E-state index contributed by atoms with van der Waals surface area (Å²) < 4.78 is 6.75. The molecule has 56 heavy (non-hydrogen) atoms. The molecule has 0 N–H and O–H groups in total. The standard InChI is InChI=1S/C54H67NO/c1-10-13-15-20-32-54(33-21-16-14-11-2)46-36-41(52(6,7)12-3)26-28-44(46)45-29-27-42(37-47(45)54)53(8,9)39(5)40-25-31-49-51(35-40)56-50-34-38(4)24-30-48(50)55(49)43-22-18-17-19-23-43/h17-19,22-31,34-37,39H,10-16,20-21,32-33H2,1-9H3. The van der Waals surface area contributed by atoms with Gasteiger partial charge in [0.15, 0.2) is 11.5 Å². The Morgan fingerprint density at radius 3 is 1.79 bits per heavy atom. The van der Waals surface area contributed by atoms with Gasteiger partial charge in [-0.05, 0) is 124 Å². The van der Waals surface area contributed by atoms with Crippen LogP contribution in [0, 0.1) is 6.92 Å². The lowest BCUT2D eigenvalue weighted by molar-refractivity contribution is 0.396. The van der Waals surface area contributed by atoms with Crippen LogP contribution >= 0.6 is 0 Å². The van der Waals surface area contributed by atoms with Gasteiger partial charge in [-0.3, -0.25) is 0 Å². The molecule has 0 amide bonds. The van der Waals surface area contributed by atoms with Crippen LogP contribution in [0.5, 0.6) is 11.5 Å². The topological polar surface area (TPSA) is 12.5 Å². The number of benzene rings is 5. The van der Waals surface area contributed by atoms with E-state index in [4.69, 9.17) is 4.74 Å². The van der Waals surface area contributed by atoms with Gasteiger partial charge in [-0.1, -0.05) is 173 Å². The highest BCUT2D eigenvalue weighted by molar-refractivity contribution is 5.87. The minimum Gasteiger partial charge on any atom is -0.453 e. The van der Waals surface area contributed by atoms with Crippen LogP contribution in [-0.4, -0.2) is 0 Å². The maximum Gasteiger partial charge on any atom is 0.151 e. The summed E-state index contributed by atoms with van der Waals surface area (Å²) in [5, 5.41) is 0. The van der Waals surface area contributed by atoms with Crippen molar-refractivity contribution in [1.29, 1.82) is 0 Å². The molecule has 1 unspecified atom stereocenters. The van der Waals surface area contributed by atoms with Gasteiger partial charge in [-0.2, -0.15) is 0 Å². The fourth-order valence-electron chi connectivity index (χ4n) is 9.62. The average molecular weight is 746 g/mol. The molecular weight excluding hydrogens is 679 g/mol. The molecule has 0 saturated carbocycles. The SMILES string of the molecule is CCCCCCC1(CCCCCC)c2cc(C(C)(C)CC)ccc2-c2ccc(C(C)(C)C(C)c3ccc4c(c3)Oc3cc(C)ccc3N4c3ccccc3)cc21. The van der Waals surface area contributed by atoms with Gasteiger partial charge in [0.2, 0.25) is 0 Å². The molecule has 0 fully saturated rings. The zero-order chi connectivity index (χ0) is 39.7. The predicted molar refractivity (Wildman–Crippen MR) is 241 cm³/mol. The normalized spacial score (nSPS) is 14.8. The number of fused-ring (bicyclic) bond motifs is 5. The number of nitrogens with zero attached hydrogens (tertiary/aromatic N) is 1. The molecule has 0 bridgehead atoms. The van der Waals surface area contributed by atoms with Gasteiger partial charge in [-0.15, -0.1) is 0 Å². The van der Waals surface area contributed by atoms with Crippen LogP contribution in [0.2, 0.25) is 0 Å². The fourth-order valence-corrected chi connectivity index (χ4v) is 9.62. The quantitative estimate of drug-likeness (QED) is 0.0915. The van der Waals surface area contributed by atoms with Gasteiger partial charge in [0.05, 0.1) is 11.4 Å². The van der Waals surface area contributed by atoms with Gasteiger partial charge in [0, 0.05) is 11.1 Å². The van der Waals surface area contributed by atoms with Crippen molar-refractivity contribution in [2.75, 3.05) is 4.90 Å². The molecule has 0 radical (unpaired) electrons. The lowest BCUT2D eigenvalue weighted by atomic mass is 9.67. The van der Waals surface area contributed by atoms with E-state index >= 15 is 0 Å². The van der Waals surface area contributed by atoms with E-state index in [1.807, 2.05) is 0 Å². The number of para-hydroxylation sites is 1. The zero-order valence-electron chi connectivity index (χ0n) is 36.0. The highest BCUT2D eigenvalue weighted by Crippen LogP contribution is 2.57. The van der Waals surface area contributed by atoms with Crippen molar-refractivity contribution in [3.8, 4) is 22.6 Å². The van der Waals surface area contributed by atoms with E-state index in [0.29, 0.717) is 0 Å². The number of ether oxygens (including phenoxy) is 1. The lowest BCUT2D eigenvalue weighted by Gasteiger charge is -2.37. The van der Waals surface area contributed by atoms with Crippen molar-refractivity contribution in [3.05, 3.63) is 137 Å². The number of aryl methyl sites for hydroxylation is 1. The van der Waals surface area contributed by atoms with Gasteiger partial charge < -0.3 is 9.64 Å². The summed E-state index contributed by atoms with van der Waals surface area (Å²) in [7, 11) is 0. The van der Waals surface area contributed by atoms with Crippen LogP contribution in [-0.2, 0) is 16.2 Å². The Morgan fingerprint density at radius 1 is 0.607 bits per heavy atom. The molecule has 2 nitrogen and oxygen atoms in total. The van der Waals surface area contributed by atoms with Crippen LogP contribution in [0.25, 0.3) is 11.1 Å². The average Bonchev–Trinajstić information content (AvgIpc) is 3.48. The van der Waals surface area contributed by atoms with Crippen molar-refractivity contribution in [2.45, 2.75) is 155 Å². The molecule has 5 aromatic carbocycles. The van der Waals surface area contributed by atoms with Crippen LogP contribution < -0.4 is 9.64 Å². The molecular formula is C54H67NO. The minimum absolute atomic E-state index is 0.0490. The first-order valence-electron chi connectivity index (χ1n) is 22.0. The summed E-state index contributed by atoms with van der Waals surface area (Å²) in [5.74, 6) is 2.08. The van der Waals surface area contributed by atoms with Gasteiger partial charge in [0.1, 0.15) is 0 Å². The molecule has 294 valence electrons. The van der Waals surface area contributed by atoms with E-state index in [1.165, 1.54) is 97.6 Å². The van der Waals surface area contributed by atoms with Crippen LogP contribution in [0.1, 0.15) is 165 Å². The van der Waals surface area contributed by atoms with Crippen molar-refractivity contribution in [2.24, 2.45) is 0 Å². The Labute approximate surface area is 339 Å². The molecule has 1 aliphatic carbocycles. The maximum absolute atomic E-state index is 6.75. The molecule has 1 atom stereocenters. The summed E-state index contributed by atoms with van der Waals surface area (Å²) >= 11 is 0. The molecule has 2 aliphatic rings. The van der Waals surface area contributed by atoms with E-state index < -0.39 is 0 Å². The summed E-state index contributed by atoms with van der Waals surface area (Å²) in [5.41, 5.74) is 14.9. The van der Waals surface area contributed by atoms with Crippen LogP contribution in [0.3, 0.4) is 0 Å². The largest absolute Gasteiger partial charge is 0.453 e. The second-order valence-electron chi connectivity index (χ2n) is 18.4. The van der Waals surface area contributed by atoms with Crippen molar-refractivity contribution < 1.29 is 4.74 Å². The maximum atomic E-state index is 6.75. The smallest absolute Gasteiger partial charge is 0.151 e. The molecule has 1 heterocycles. The molecule has 5 aromatic rings. The van der Waals surface area contributed by atoms with Crippen molar-refractivity contribution >= 4 is 17.1 Å². The van der Waals surface area contributed by atoms with Gasteiger partial charge in [-0.25, -0.2) is 0 Å². The van der Waals surface area contributed by atoms with Crippen LogP contribution in [0.4, 0.5) is 17.1 Å². The first kappa shape index (κ1) is 39.9. The molecule has 2 heteroatoms. The Morgan fingerprint density at radius 2 is 1.18 bits per heavy atom. The third-order valence-electron chi connectivity index (χ3n) is 14.1. The number of anilines is 3. The monoisotopic (exact) mass is 746 g/mol. The first-order valence-corrected chi connectivity index (χ1v) is 22.0. The fraction of sp³-hybridized carbons (Fsp3) is 0.444. The molecule has 0 saturated heterocycles. The summed E-state index contributed by atoms with van der Waals surface area (Å²) in [4.78, 5) is 2.35. The molecule has 0 aromatic heterocycles. The molecule has 7 rings (SSSR count). The van der Waals surface area contributed by atoms with E-state index in [0.717, 1.165) is 35.0 Å². The van der Waals surface area contributed by atoms with Crippen molar-refractivity contribution in [3.63, 3.8) is 0 Å². The number of rotatable bonds is 16. The van der Waals surface area contributed by atoms with E-state index in [1.54, 1.807) is 11.1 Å². The molecule has 1 aliphatic heterocycles. The first-order chi connectivity index (χ1) is 26.9.